The van der Waals surface area contributed by atoms with Crippen molar-refractivity contribution in [2.45, 2.75) is 13.0 Å². The van der Waals surface area contributed by atoms with E-state index in [4.69, 9.17) is 23.2 Å². The summed E-state index contributed by atoms with van der Waals surface area (Å²) in [4.78, 5) is 0. The van der Waals surface area contributed by atoms with Crippen LogP contribution in [0.5, 0.6) is 0 Å². The Kier molecular flexibility index (Phi) is 5.02. The molecule has 3 heteroatoms. The van der Waals surface area contributed by atoms with E-state index in [1.54, 1.807) is 6.07 Å². The van der Waals surface area contributed by atoms with E-state index in [1.807, 2.05) is 18.2 Å². The molecular formula is C11H13Cl2N. The second-order valence-corrected chi connectivity index (χ2v) is 3.75. The maximum atomic E-state index is 6.01. The maximum Gasteiger partial charge on any atom is 0.0637 e. The molecule has 0 bridgehead atoms. The first kappa shape index (κ1) is 11.6. The van der Waals surface area contributed by atoms with E-state index in [0.29, 0.717) is 10.0 Å². The summed E-state index contributed by atoms with van der Waals surface area (Å²) in [5.41, 5.74) is 1.03. The van der Waals surface area contributed by atoms with Crippen molar-refractivity contribution in [3.8, 4) is 0 Å². The molecule has 1 nitrogen and oxygen atoms in total. The molecule has 0 aromatic heterocycles. The van der Waals surface area contributed by atoms with Gasteiger partial charge >= 0.3 is 0 Å². The lowest BCUT2D eigenvalue weighted by atomic mass is 10.2. The van der Waals surface area contributed by atoms with Crippen molar-refractivity contribution >= 4 is 23.2 Å². The fourth-order valence-corrected chi connectivity index (χ4v) is 1.50. The Morgan fingerprint density at radius 1 is 1.36 bits per heavy atom. The lowest BCUT2D eigenvalue weighted by Gasteiger charge is -2.06. The van der Waals surface area contributed by atoms with E-state index in [1.165, 1.54) is 0 Å². The summed E-state index contributed by atoms with van der Waals surface area (Å²) in [5, 5.41) is 4.50. The zero-order valence-corrected chi connectivity index (χ0v) is 9.41. The topological polar surface area (TPSA) is 12.0 Å². The summed E-state index contributed by atoms with van der Waals surface area (Å²) < 4.78 is 0. The van der Waals surface area contributed by atoms with Gasteiger partial charge in [-0.05, 0) is 24.6 Å². The monoisotopic (exact) mass is 229 g/mol. The fraction of sp³-hybridized carbons (Fsp3) is 0.273. The second-order valence-electron chi connectivity index (χ2n) is 2.97. The first-order valence-electron chi connectivity index (χ1n) is 4.50. The molecule has 0 spiro atoms. The lowest BCUT2D eigenvalue weighted by Crippen LogP contribution is -2.14. The highest BCUT2D eigenvalue weighted by molar-refractivity contribution is 6.42. The Labute approximate surface area is 94.7 Å². The highest BCUT2D eigenvalue weighted by Gasteiger charge is 2.02. The third-order valence-corrected chi connectivity index (χ3v) is 2.73. The first-order chi connectivity index (χ1) is 6.75. The molecule has 0 amide bonds. The van der Waals surface area contributed by atoms with E-state index in [9.17, 15) is 0 Å². The predicted molar refractivity (Wildman–Crippen MR) is 63.0 cm³/mol. The van der Waals surface area contributed by atoms with Gasteiger partial charge in [0, 0.05) is 6.54 Å². The minimum Gasteiger partial charge on any atom is -0.312 e. The molecule has 0 heterocycles. The van der Waals surface area contributed by atoms with Gasteiger partial charge in [0.2, 0.25) is 0 Å². The van der Waals surface area contributed by atoms with Crippen molar-refractivity contribution < 1.29 is 0 Å². The SMILES string of the molecule is C=CCCNCc1cccc(Cl)c1Cl. The van der Waals surface area contributed by atoms with Crippen LogP contribution in [0.4, 0.5) is 0 Å². The number of nitrogens with one attached hydrogen (secondary N) is 1. The molecule has 0 saturated carbocycles. The number of hydrogen-bond donors (Lipinski definition) is 1. The second kappa shape index (κ2) is 6.07. The molecule has 1 N–H and O–H groups in total. The summed E-state index contributed by atoms with van der Waals surface area (Å²) in [5.74, 6) is 0. The van der Waals surface area contributed by atoms with Gasteiger partial charge in [0.05, 0.1) is 10.0 Å². The summed E-state index contributed by atoms with van der Waals surface area (Å²) in [6.07, 6.45) is 2.84. The van der Waals surface area contributed by atoms with Crippen LogP contribution in [-0.2, 0) is 6.54 Å². The third kappa shape index (κ3) is 3.33. The molecule has 0 fully saturated rings. The molecule has 0 atom stereocenters. The van der Waals surface area contributed by atoms with E-state index in [2.05, 4.69) is 11.9 Å². The first-order valence-corrected chi connectivity index (χ1v) is 5.26. The molecule has 1 rings (SSSR count). The standard InChI is InChI=1S/C11H13Cl2N/c1-2-3-7-14-8-9-5-4-6-10(12)11(9)13/h2,4-6,14H,1,3,7-8H2. The van der Waals surface area contributed by atoms with Crippen molar-refractivity contribution in [2.75, 3.05) is 6.54 Å². The van der Waals surface area contributed by atoms with Crippen molar-refractivity contribution in [3.05, 3.63) is 46.5 Å². The number of hydrogen-bond acceptors (Lipinski definition) is 1. The van der Waals surface area contributed by atoms with Crippen LogP contribution in [-0.4, -0.2) is 6.54 Å². The largest absolute Gasteiger partial charge is 0.312 e. The van der Waals surface area contributed by atoms with E-state index in [-0.39, 0.29) is 0 Å². The zero-order chi connectivity index (χ0) is 10.4. The van der Waals surface area contributed by atoms with Crippen molar-refractivity contribution in [1.82, 2.24) is 5.32 Å². The summed E-state index contributed by atoms with van der Waals surface area (Å²) in [6, 6.07) is 5.66. The molecule has 14 heavy (non-hydrogen) atoms. The summed E-state index contributed by atoms with van der Waals surface area (Å²) >= 11 is 11.9. The van der Waals surface area contributed by atoms with Crippen LogP contribution in [0.3, 0.4) is 0 Å². The maximum absolute atomic E-state index is 6.01. The molecular weight excluding hydrogens is 217 g/mol. The highest BCUT2D eigenvalue weighted by Crippen LogP contribution is 2.25. The van der Waals surface area contributed by atoms with E-state index >= 15 is 0 Å². The van der Waals surface area contributed by atoms with E-state index < -0.39 is 0 Å². The number of benzene rings is 1. The average Bonchev–Trinajstić information content (AvgIpc) is 2.19. The molecule has 0 aliphatic heterocycles. The Balaban J connectivity index is 2.50. The number of rotatable bonds is 5. The van der Waals surface area contributed by atoms with Crippen LogP contribution in [0.25, 0.3) is 0 Å². The fourth-order valence-electron chi connectivity index (χ4n) is 1.11. The Morgan fingerprint density at radius 3 is 2.86 bits per heavy atom. The highest BCUT2D eigenvalue weighted by atomic mass is 35.5. The molecule has 0 aliphatic rings. The Bertz CT molecular complexity index is 310. The van der Waals surface area contributed by atoms with Gasteiger partial charge in [-0.2, -0.15) is 0 Å². The zero-order valence-electron chi connectivity index (χ0n) is 7.89. The van der Waals surface area contributed by atoms with Crippen LogP contribution >= 0.6 is 23.2 Å². The van der Waals surface area contributed by atoms with Gasteiger partial charge in [-0.1, -0.05) is 41.4 Å². The van der Waals surface area contributed by atoms with E-state index in [0.717, 1.165) is 25.1 Å². The lowest BCUT2D eigenvalue weighted by molar-refractivity contribution is 0.696. The predicted octanol–water partition coefficient (Wildman–Crippen LogP) is 3.66. The smallest absolute Gasteiger partial charge is 0.0637 e. The Hall–Kier alpha value is -0.500. The molecule has 0 radical (unpaired) electrons. The summed E-state index contributed by atoms with van der Waals surface area (Å²) in [6.45, 7) is 5.30. The van der Waals surface area contributed by atoms with Gasteiger partial charge in [0.15, 0.2) is 0 Å². The van der Waals surface area contributed by atoms with Crippen molar-refractivity contribution in [1.29, 1.82) is 0 Å². The minimum atomic E-state index is 0.606. The minimum absolute atomic E-state index is 0.606. The van der Waals surface area contributed by atoms with Crippen molar-refractivity contribution in [3.63, 3.8) is 0 Å². The van der Waals surface area contributed by atoms with Crippen LogP contribution in [0, 0.1) is 0 Å². The molecule has 0 aliphatic carbocycles. The Morgan fingerprint density at radius 2 is 2.14 bits per heavy atom. The van der Waals surface area contributed by atoms with Gasteiger partial charge in [-0.15, -0.1) is 6.58 Å². The molecule has 76 valence electrons. The quantitative estimate of drug-likeness (QED) is 0.601. The number of halogens is 2. The normalized spacial score (nSPS) is 10.1. The summed E-state index contributed by atoms with van der Waals surface area (Å²) in [7, 11) is 0. The van der Waals surface area contributed by atoms with Crippen molar-refractivity contribution in [2.24, 2.45) is 0 Å². The molecule has 1 aromatic rings. The van der Waals surface area contributed by atoms with Gasteiger partial charge in [0.25, 0.3) is 0 Å². The van der Waals surface area contributed by atoms with Gasteiger partial charge in [-0.25, -0.2) is 0 Å². The molecule has 0 saturated heterocycles. The average molecular weight is 230 g/mol. The molecule has 1 aromatic carbocycles. The van der Waals surface area contributed by atoms with Crippen LogP contribution in [0.15, 0.2) is 30.9 Å². The third-order valence-electron chi connectivity index (χ3n) is 1.87. The van der Waals surface area contributed by atoms with Crippen LogP contribution < -0.4 is 5.32 Å². The van der Waals surface area contributed by atoms with Gasteiger partial charge in [-0.3, -0.25) is 0 Å². The van der Waals surface area contributed by atoms with Crippen LogP contribution in [0.1, 0.15) is 12.0 Å². The van der Waals surface area contributed by atoms with Gasteiger partial charge in [0.1, 0.15) is 0 Å². The molecule has 0 unspecified atom stereocenters. The van der Waals surface area contributed by atoms with Gasteiger partial charge < -0.3 is 5.32 Å². The van der Waals surface area contributed by atoms with Crippen LogP contribution in [0.2, 0.25) is 10.0 Å².